The van der Waals surface area contributed by atoms with Crippen molar-refractivity contribution >= 4 is 43.7 Å². The van der Waals surface area contributed by atoms with Crippen molar-refractivity contribution in [3.05, 3.63) is 0 Å². The minimum absolute atomic E-state index is 0.147. The van der Waals surface area contributed by atoms with Crippen LogP contribution in [0.4, 0.5) is 0 Å². The lowest BCUT2D eigenvalue weighted by atomic mass is 10.1. The summed E-state index contributed by atoms with van der Waals surface area (Å²) in [6.45, 7) is 12.6. The summed E-state index contributed by atoms with van der Waals surface area (Å²) >= 11 is 0. The highest BCUT2D eigenvalue weighted by Gasteiger charge is 2.40. The van der Waals surface area contributed by atoms with Crippen molar-refractivity contribution in [2.75, 3.05) is 56.6 Å². The predicted molar refractivity (Wildman–Crippen MR) is 146 cm³/mol. The Morgan fingerprint density at radius 2 is 1.26 bits per heavy atom. The molecule has 0 saturated heterocycles. The van der Waals surface area contributed by atoms with Gasteiger partial charge in [0.2, 0.25) is 0 Å². The number of amides is 2. The molecule has 0 aromatic heterocycles. The highest BCUT2D eigenvalue weighted by Crippen LogP contribution is 2.55. The fraction of sp³-hybridized carbons (Fsp3) is 0.833. The Labute approximate surface area is 214 Å². The van der Waals surface area contributed by atoms with Crippen LogP contribution in [-0.2, 0) is 38.6 Å². The van der Waals surface area contributed by atoms with Crippen molar-refractivity contribution in [1.82, 2.24) is 10.6 Å². The van der Waals surface area contributed by atoms with E-state index < -0.39 is 48.5 Å². The van der Waals surface area contributed by atoms with Gasteiger partial charge in [-0.2, -0.15) is 0 Å². The van der Waals surface area contributed by atoms with E-state index in [0.29, 0.717) is 38.1 Å². The summed E-state index contributed by atoms with van der Waals surface area (Å²) in [4.78, 5) is 46.2. The molecule has 0 aliphatic rings. The average molecular weight is 541 g/mol. The van der Waals surface area contributed by atoms with Gasteiger partial charge in [0.25, 0.3) is 0 Å². The molecule has 0 heterocycles. The summed E-state index contributed by atoms with van der Waals surface area (Å²) in [5, 5.41) is 5.16. The molecule has 0 unspecified atom stereocenters. The van der Waals surface area contributed by atoms with E-state index in [1.807, 2.05) is 20.1 Å². The molecule has 2 amide bonds. The molecular formula is C24H48N2O7S2. The van der Waals surface area contributed by atoms with Crippen LogP contribution in [0.3, 0.4) is 0 Å². The van der Waals surface area contributed by atoms with Crippen molar-refractivity contribution in [1.29, 1.82) is 0 Å². The van der Waals surface area contributed by atoms with Gasteiger partial charge in [-0.05, 0) is 57.6 Å². The van der Waals surface area contributed by atoms with Gasteiger partial charge in [-0.15, -0.1) is 9.93 Å². The number of hydrogen-bond acceptors (Lipinski definition) is 7. The second-order valence-corrected chi connectivity index (χ2v) is 18.8. The number of esters is 2. The Balaban J connectivity index is 4.85. The first-order valence-corrected chi connectivity index (χ1v) is 17.1. The third kappa shape index (κ3) is 10.9. The molecule has 2 N–H and O–H groups in total. The lowest BCUT2D eigenvalue weighted by molar-refractivity contribution is -0.154. The van der Waals surface area contributed by atoms with E-state index in [1.54, 1.807) is 13.8 Å². The van der Waals surface area contributed by atoms with Gasteiger partial charge in [0.15, 0.2) is 0 Å². The monoisotopic (exact) mass is 540 g/mol. The van der Waals surface area contributed by atoms with Crippen LogP contribution < -0.4 is 10.6 Å². The van der Waals surface area contributed by atoms with Crippen LogP contribution in [0.5, 0.6) is 0 Å². The predicted octanol–water partition coefficient (Wildman–Crippen LogP) is 1.78. The third-order valence-electron chi connectivity index (χ3n) is 6.75. The molecule has 0 aliphatic carbocycles. The smallest absolute Gasteiger partial charge is 0.396 e. The molecule has 35 heavy (non-hydrogen) atoms. The van der Waals surface area contributed by atoms with Gasteiger partial charge in [-0.3, -0.25) is 13.8 Å². The summed E-state index contributed by atoms with van der Waals surface area (Å²) in [6, 6.07) is 0. The second-order valence-electron chi connectivity index (χ2n) is 10.5. The van der Waals surface area contributed by atoms with Crippen molar-refractivity contribution in [2.45, 2.75) is 70.3 Å². The molecule has 0 aliphatic heterocycles. The highest BCUT2D eigenvalue weighted by molar-refractivity contribution is 8.34. The first kappa shape index (κ1) is 33.4. The van der Waals surface area contributed by atoms with Crippen LogP contribution in [0.25, 0.3) is 0 Å². The first-order valence-electron chi connectivity index (χ1n) is 12.1. The Morgan fingerprint density at radius 1 is 0.829 bits per heavy atom. The van der Waals surface area contributed by atoms with Crippen LogP contribution in [0.1, 0.15) is 60.8 Å². The minimum atomic E-state index is -2.60. The topological polar surface area (TPSA) is 128 Å². The van der Waals surface area contributed by atoms with Crippen molar-refractivity contribution in [3.8, 4) is 0 Å². The second kappa shape index (κ2) is 14.2. The third-order valence-corrected chi connectivity index (χ3v) is 15.6. The fourth-order valence-electron chi connectivity index (χ4n) is 3.52. The lowest BCUT2D eigenvalue weighted by Crippen LogP contribution is -2.48. The zero-order chi connectivity index (χ0) is 27.5. The SMILES string of the molecule is CCOC(=O)C(=O)NCCCC(C)(C)[SH](C)(=O)CC(C)(C)S(C)(C)CCCNC(=O)C(=O)OCC. The molecule has 208 valence electrons. The van der Waals surface area contributed by atoms with E-state index in [9.17, 15) is 23.4 Å². The average Bonchev–Trinajstić information content (AvgIpc) is 2.73. The number of carbonyl (C=O) groups excluding carboxylic acids is 4. The quantitative estimate of drug-likeness (QED) is 0.133. The summed E-state index contributed by atoms with van der Waals surface area (Å²) in [7, 11) is -3.78. The van der Waals surface area contributed by atoms with Crippen LogP contribution in [-0.4, -0.2) is 94.0 Å². The maximum Gasteiger partial charge on any atom is 0.396 e. The van der Waals surface area contributed by atoms with E-state index in [1.165, 1.54) is 0 Å². The molecule has 0 spiro atoms. The van der Waals surface area contributed by atoms with E-state index in [0.717, 1.165) is 5.75 Å². The molecule has 0 aromatic carbocycles. The molecule has 0 radical (unpaired) electrons. The lowest BCUT2D eigenvalue weighted by Gasteiger charge is -2.51. The fourth-order valence-corrected chi connectivity index (χ4v) is 9.59. The Hall–Kier alpha value is -1.62. The largest absolute Gasteiger partial charge is 0.459 e. The number of thiol groups is 1. The Kier molecular flexibility index (Phi) is 13.5. The highest BCUT2D eigenvalue weighted by atomic mass is 32.3. The molecular weight excluding hydrogens is 492 g/mol. The number of rotatable bonds is 14. The van der Waals surface area contributed by atoms with E-state index in [-0.39, 0.29) is 18.0 Å². The van der Waals surface area contributed by atoms with Crippen LogP contribution in [0.15, 0.2) is 0 Å². The summed E-state index contributed by atoms with van der Waals surface area (Å²) in [5.74, 6) is -1.79. The maximum atomic E-state index is 13.9. The molecule has 0 bridgehead atoms. The molecule has 0 saturated carbocycles. The molecule has 11 heteroatoms. The first-order chi connectivity index (χ1) is 15.9. The van der Waals surface area contributed by atoms with Crippen molar-refractivity contribution in [3.63, 3.8) is 0 Å². The van der Waals surface area contributed by atoms with Gasteiger partial charge in [0.1, 0.15) is 0 Å². The zero-order valence-corrected chi connectivity index (χ0v) is 24.8. The molecule has 0 fully saturated rings. The van der Waals surface area contributed by atoms with Gasteiger partial charge in [-0.25, -0.2) is 19.6 Å². The van der Waals surface area contributed by atoms with Gasteiger partial charge >= 0.3 is 23.8 Å². The van der Waals surface area contributed by atoms with Gasteiger partial charge in [0, 0.05) is 28.3 Å². The van der Waals surface area contributed by atoms with E-state index in [4.69, 9.17) is 4.74 Å². The number of ether oxygens (including phenoxy) is 2. The van der Waals surface area contributed by atoms with E-state index in [2.05, 4.69) is 41.7 Å². The van der Waals surface area contributed by atoms with Gasteiger partial charge in [-0.1, -0.05) is 27.7 Å². The molecule has 9 nitrogen and oxygen atoms in total. The van der Waals surface area contributed by atoms with Crippen molar-refractivity contribution < 1.29 is 32.9 Å². The van der Waals surface area contributed by atoms with Gasteiger partial charge in [0.05, 0.1) is 13.2 Å². The summed E-state index contributed by atoms with van der Waals surface area (Å²) in [5.41, 5.74) is 0. The van der Waals surface area contributed by atoms with Crippen LogP contribution in [0, 0.1) is 0 Å². The normalized spacial score (nSPS) is 13.5. The molecule has 0 atom stereocenters. The number of nitrogens with one attached hydrogen (secondary N) is 2. The van der Waals surface area contributed by atoms with Crippen molar-refractivity contribution in [2.24, 2.45) is 0 Å². The van der Waals surface area contributed by atoms with Gasteiger partial charge < -0.3 is 20.1 Å². The molecule has 0 aromatic rings. The Bertz CT molecular complexity index is 795. The maximum absolute atomic E-state index is 13.9. The Morgan fingerprint density at radius 3 is 1.69 bits per heavy atom. The standard InChI is InChI=1S/C24H48N2O7S2/c1-10-32-21(29)19(27)25-15-12-14-23(3,4)35(9,31)18-24(5,6)34(7,8)17-13-16-26-20(28)22(30)33-11-2/h35H,10-18H2,1-9H3,(H,25,27)(H,26,28). The van der Waals surface area contributed by atoms with Crippen LogP contribution >= 0.6 is 10.0 Å². The number of hydrogen-bond donors (Lipinski definition) is 3. The number of carbonyl (C=O) groups is 4. The molecule has 0 rings (SSSR count). The minimum Gasteiger partial charge on any atom is -0.459 e. The zero-order valence-electron chi connectivity index (χ0n) is 23.1. The summed E-state index contributed by atoms with van der Waals surface area (Å²) in [6.07, 6.45) is 8.27. The van der Waals surface area contributed by atoms with Crippen LogP contribution in [0.2, 0.25) is 0 Å². The summed E-state index contributed by atoms with van der Waals surface area (Å²) < 4.78 is 22.7. The van der Waals surface area contributed by atoms with E-state index >= 15 is 0 Å².